The van der Waals surface area contributed by atoms with Crippen LogP contribution in [0.15, 0.2) is 12.1 Å². The Morgan fingerprint density at radius 1 is 1.56 bits per heavy atom. The molecule has 16 heavy (non-hydrogen) atoms. The summed E-state index contributed by atoms with van der Waals surface area (Å²) in [5, 5.41) is 11.8. The summed E-state index contributed by atoms with van der Waals surface area (Å²) in [6, 6.07) is 2.24. The van der Waals surface area contributed by atoms with E-state index in [1.165, 1.54) is 7.11 Å². The number of rotatable bonds is 4. The molecule has 0 aliphatic heterocycles. The molecule has 0 fully saturated rings. The number of hydrogen-bond acceptors (Lipinski definition) is 3. The third-order valence-electron chi connectivity index (χ3n) is 2.12. The number of phenols is 1. The molecule has 2 N–H and O–H groups in total. The van der Waals surface area contributed by atoms with Gasteiger partial charge in [0.25, 0.3) is 5.91 Å². The van der Waals surface area contributed by atoms with E-state index < -0.39 is 11.7 Å². The number of carbonyl (C=O) groups excluding carboxylic acids is 1. The van der Waals surface area contributed by atoms with Crippen LogP contribution in [0, 0.1) is 12.7 Å². The number of ether oxygens (including phenoxy) is 1. The lowest BCUT2D eigenvalue weighted by Crippen LogP contribution is -2.27. The summed E-state index contributed by atoms with van der Waals surface area (Å²) in [6.07, 6.45) is 0. The highest BCUT2D eigenvalue weighted by Crippen LogP contribution is 2.20. The average Bonchev–Trinajstić information content (AvgIpc) is 2.23. The van der Waals surface area contributed by atoms with Gasteiger partial charge >= 0.3 is 0 Å². The fourth-order valence-electron chi connectivity index (χ4n) is 1.20. The zero-order chi connectivity index (χ0) is 12.1. The summed E-state index contributed by atoms with van der Waals surface area (Å²) in [4.78, 5) is 11.5. The Bertz CT molecular complexity index is 393. The van der Waals surface area contributed by atoms with E-state index in [-0.39, 0.29) is 11.3 Å². The number of halogens is 1. The van der Waals surface area contributed by atoms with Crippen LogP contribution in [-0.2, 0) is 4.74 Å². The molecule has 0 saturated carbocycles. The van der Waals surface area contributed by atoms with E-state index in [1.54, 1.807) is 6.92 Å². The summed E-state index contributed by atoms with van der Waals surface area (Å²) in [5.74, 6) is -1.31. The van der Waals surface area contributed by atoms with Crippen molar-refractivity contribution in [3.63, 3.8) is 0 Å². The number of aromatic hydroxyl groups is 1. The average molecular weight is 227 g/mol. The van der Waals surface area contributed by atoms with Crippen molar-refractivity contribution < 1.29 is 19.0 Å². The number of aryl methyl sites for hydroxylation is 1. The van der Waals surface area contributed by atoms with Crippen LogP contribution in [0.4, 0.5) is 4.39 Å². The number of hydrogen-bond donors (Lipinski definition) is 2. The molecule has 0 saturated heterocycles. The zero-order valence-corrected chi connectivity index (χ0v) is 9.21. The van der Waals surface area contributed by atoms with Crippen molar-refractivity contribution in [1.82, 2.24) is 5.32 Å². The first-order valence-corrected chi connectivity index (χ1v) is 4.82. The number of nitrogens with one attached hydrogen (secondary N) is 1. The Kier molecular flexibility index (Phi) is 4.25. The molecule has 1 aromatic carbocycles. The fraction of sp³-hybridized carbons (Fsp3) is 0.364. The van der Waals surface area contributed by atoms with Gasteiger partial charge in [-0.25, -0.2) is 4.39 Å². The molecule has 1 rings (SSSR count). The van der Waals surface area contributed by atoms with Crippen LogP contribution >= 0.6 is 0 Å². The van der Waals surface area contributed by atoms with Crippen molar-refractivity contribution in [3.8, 4) is 5.75 Å². The van der Waals surface area contributed by atoms with Crippen LogP contribution in [0.1, 0.15) is 15.9 Å². The predicted molar refractivity (Wildman–Crippen MR) is 57.0 cm³/mol. The summed E-state index contributed by atoms with van der Waals surface area (Å²) in [6.45, 7) is 2.21. The Hall–Kier alpha value is -1.62. The van der Waals surface area contributed by atoms with Gasteiger partial charge in [-0.2, -0.15) is 0 Å². The molecule has 0 unspecified atom stereocenters. The van der Waals surface area contributed by atoms with Gasteiger partial charge in [-0.15, -0.1) is 0 Å². The lowest BCUT2D eigenvalue weighted by molar-refractivity contribution is 0.0932. The van der Waals surface area contributed by atoms with Crippen molar-refractivity contribution in [1.29, 1.82) is 0 Å². The largest absolute Gasteiger partial charge is 0.508 e. The Morgan fingerprint density at radius 3 is 2.88 bits per heavy atom. The molecule has 0 radical (unpaired) electrons. The summed E-state index contributed by atoms with van der Waals surface area (Å²) >= 11 is 0. The lowest BCUT2D eigenvalue weighted by atomic mass is 10.1. The Morgan fingerprint density at radius 2 is 2.25 bits per heavy atom. The zero-order valence-electron chi connectivity index (χ0n) is 9.21. The van der Waals surface area contributed by atoms with Crippen LogP contribution < -0.4 is 5.32 Å². The maximum atomic E-state index is 13.4. The topological polar surface area (TPSA) is 58.6 Å². The molecule has 0 aromatic heterocycles. The van der Waals surface area contributed by atoms with Crippen molar-refractivity contribution in [2.75, 3.05) is 20.3 Å². The van der Waals surface area contributed by atoms with Gasteiger partial charge in [-0.1, -0.05) is 0 Å². The fourth-order valence-corrected chi connectivity index (χ4v) is 1.20. The molecule has 1 aromatic rings. The minimum absolute atomic E-state index is 0.0988. The highest BCUT2D eigenvalue weighted by Gasteiger charge is 2.13. The summed E-state index contributed by atoms with van der Waals surface area (Å²) < 4.78 is 18.1. The second kappa shape index (κ2) is 5.46. The first-order valence-electron chi connectivity index (χ1n) is 4.82. The number of carbonyl (C=O) groups is 1. The highest BCUT2D eigenvalue weighted by atomic mass is 19.1. The van der Waals surface area contributed by atoms with Crippen LogP contribution in [0.2, 0.25) is 0 Å². The van der Waals surface area contributed by atoms with Gasteiger partial charge in [0.2, 0.25) is 0 Å². The molecule has 1 amide bonds. The van der Waals surface area contributed by atoms with Gasteiger partial charge < -0.3 is 15.2 Å². The van der Waals surface area contributed by atoms with Crippen molar-refractivity contribution >= 4 is 5.91 Å². The Labute approximate surface area is 93.0 Å². The minimum Gasteiger partial charge on any atom is -0.508 e. The maximum Gasteiger partial charge on any atom is 0.254 e. The van der Waals surface area contributed by atoms with E-state index in [9.17, 15) is 14.3 Å². The smallest absolute Gasteiger partial charge is 0.254 e. The second-order valence-corrected chi connectivity index (χ2v) is 3.37. The normalized spacial score (nSPS) is 10.2. The highest BCUT2D eigenvalue weighted by molar-refractivity contribution is 5.95. The van der Waals surface area contributed by atoms with Crippen LogP contribution in [-0.4, -0.2) is 31.3 Å². The maximum absolute atomic E-state index is 13.4. The van der Waals surface area contributed by atoms with E-state index in [0.717, 1.165) is 12.1 Å². The number of methoxy groups -OCH3 is 1. The first-order chi connectivity index (χ1) is 7.56. The molecule has 0 bridgehead atoms. The molecule has 0 aliphatic carbocycles. The minimum atomic E-state index is -0.648. The molecule has 0 atom stereocenters. The standard InChI is InChI=1S/C11H14FNO3/c1-7-5-9(12)8(6-10(7)14)11(15)13-3-4-16-2/h5-6,14H,3-4H2,1-2H3,(H,13,15). The molecular formula is C11H14FNO3. The number of phenolic OH excluding ortho intramolecular Hbond substituents is 1. The lowest BCUT2D eigenvalue weighted by Gasteiger charge is -2.07. The quantitative estimate of drug-likeness (QED) is 0.760. The van der Waals surface area contributed by atoms with E-state index in [4.69, 9.17) is 4.74 Å². The first kappa shape index (κ1) is 12.4. The van der Waals surface area contributed by atoms with Gasteiger partial charge in [-0.3, -0.25) is 4.79 Å². The molecule has 0 aliphatic rings. The van der Waals surface area contributed by atoms with Crippen molar-refractivity contribution in [2.45, 2.75) is 6.92 Å². The van der Waals surface area contributed by atoms with Gasteiger partial charge in [0, 0.05) is 13.7 Å². The third-order valence-corrected chi connectivity index (χ3v) is 2.12. The van der Waals surface area contributed by atoms with Gasteiger partial charge in [-0.05, 0) is 24.6 Å². The molecule has 4 nitrogen and oxygen atoms in total. The van der Waals surface area contributed by atoms with Crippen LogP contribution in [0.5, 0.6) is 5.75 Å². The SMILES string of the molecule is COCCNC(=O)c1cc(O)c(C)cc1F. The van der Waals surface area contributed by atoms with E-state index >= 15 is 0 Å². The van der Waals surface area contributed by atoms with E-state index in [2.05, 4.69) is 5.32 Å². The number of amides is 1. The second-order valence-electron chi connectivity index (χ2n) is 3.37. The van der Waals surface area contributed by atoms with Gasteiger partial charge in [0.15, 0.2) is 0 Å². The molecule has 0 heterocycles. The predicted octanol–water partition coefficient (Wildman–Crippen LogP) is 1.22. The van der Waals surface area contributed by atoms with E-state index in [1.807, 2.05) is 0 Å². The molecule has 0 spiro atoms. The third kappa shape index (κ3) is 2.93. The van der Waals surface area contributed by atoms with Gasteiger partial charge in [0.05, 0.1) is 12.2 Å². The monoisotopic (exact) mass is 227 g/mol. The van der Waals surface area contributed by atoms with Crippen LogP contribution in [0.3, 0.4) is 0 Å². The van der Waals surface area contributed by atoms with Crippen molar-refractivity contribution in [3.05, 3.63) is 29.1 Å². The van der Waals surface area contributed by atoms with Gasteiger partial charge in [0.1, 0.15) is 11.6 Å². The number of benzene rings is 1. The molecular weight excluding hydrogens is 213 g/mol. The Balaban J connectivity index is 2.79. The summed E-state index contributed by atoms with van der Waals surface area (Å²) in [5.41, 5.74) is 0.227. The van der Waals surface area contributed by atoms with E-state index in [0.29, 0.717) is 18.7 Å². The summed E-state index contributed by atoms with van der Waals surface area (Å²) in [7, 11) is 1.50. The molecule has 88 valence electrons. The molecule has 5 heteroatoms. The van der Waals surface area contributed by atoms with Crippen molar-refractivity contribution in [2.24, 2.45) is 0 Å². The van der Waals surface area contributed by atoms with Crippen LogP contribution in [0.25, 0.3) is 0 Å².